The summed E-state index contributed by atoms with van der Waals surface area (Å²) in [6.07, 6.45) is 1.85. The minimum absolute atomic E-state index is 0.430. The van der Waals surface area contributed by atoms with E-state index in [2.05, 4.69) is 16.7 Å². The fraction of sp³-hybridized carbons (Fsp3) is 0. The Hall–Kier alpha value is -4.26. The van der Waals surface area contributed by atoms with Crippen molar-refractivity contribution in [3.63, 3.8) is 0 Å². The van der Waals surface area contributed by atoms with Gasteiger partial charge in [-0.15, -0.1) is 0 Å². The van der Waals surface area contributed by atoms with Crippen molar-refractivity contribution in [3.05, 3.63) is 109 Å². The van der Waals surface area contributed by atoms with Crippen molar-refractivity contribution in [2.45, 2.75) is 0 Å². The van der Waals surface area contributed by atoms with Gasteiger partial charge in [0.1, 0.15) is 0 Å². The van der Waals surface area contributed by atoms with E-state index in [9.17, 15) is 10.0 Å². The molecule has 0 spiro atoms. The molecular formula is C28H20BN3O2. The van der Waals surface area contributed by atoms with E-state index in [0.29, 0.717) is 11.3 Å². The monoisotopic (exact) mass is 441 g/mol. The first-order valence-corrected chi connectivity index (χ1v) is 11.1. The van der Waals surface area contributed by atoms with E-state index in [4.69, 9.17) is 9.97 Å². The fourth-order valence-electron chi connectivity index (χ4n) is 4.48. The molecule has 0 amide bonds. The number of benzene rings is 4. The molecule has 0 saturated heterocycles. The summed E-state index contributed by atoms with van der Waals surface area (Å²) in [6.45, 7) is 0. The maximum Gasteiger partial charge on any atom is 0.488 e. The van der Waals surface area contributed by atoms with Gasteiger partial charge in [0.15, 0.2) is 5.82 Å². The Morgan fingerprint density at radius 1 is 0.647 bits per heavy atom. The zero-order valence-electron chi connectivity index (χ0n) is 18.2. The first-order chi connectivity index (χ1) is 16.7. The highest BCUT2D eigenvalue weighted by Gasteiger charge is 2.20. The standard InChI is InChI=1S/C28H20BN3O2/c33-29(34)21-15-16-23-22-13-7-8-14-24(22)32(25(23)17-21)26-18-30-28(20-11-5-2-6-12-20)31-27(26)19-9-3-1-4-10-19/h1-18,33-34H. The first-order valence-electron chi connectivity index (χ1n) is 11.1. The topological polar surface area (TPSA) is 71.2 Å². The molecule has 34 heavy (non-hydrogen) atoms. The molecule has 5 nitrogen and oxygen atoms in total. The number of fused-ring (bicyclic) bond motifs is 3. The molecule has 0 fully saturated rings. The molecule has 162 valence electrons. The normalized spacial score (nSPS) is 11.2. The van der Waals surface area contributed by atoms with Gasteiger partial charge in [0.25, 0.3) is 0 Å². The molecule has 0 aliphatic carbocycles. The average molecular weight is 441 g/mol. The summed E-state index contributed by atoms with van der Waals surface area (Å²) in [4.78, 5) is 9.74. The fourth-order valence-corrected chi connectivity index (χ4v) is 4.48. The molecule has 4 aromatic carbocycles. The van der Waals surface area contributed by atoms with Crippen LogP contribution in [0, 0.1) is 0 Å². The summed E-state index contributed by atoms with van der Waals surface area (Å²) in [6, 6.07) is 33.6. The Labute approximate surface area is 196 Å². The van der Waals surface area contributed by atoms with Crippen molar-refractivity contribution in [2.75, 3.05) is 0 Å². The van der Waals surface area contributed by atoms with Gasteiger partial charge in [-0.2, -0.15) is 0 Å². The molecule has 0 saturated carbocycles. The molecule has 2 N–H and O–H groups in total. The molecule has 0 unspecified atom stereocenters. The van der Waals surface area contributed by atoms with Crippen LogP contribution in [0.5, 0.6) is 0 Å². The minimum atomic E-state index is -1.55. The summed E-state index contributed by atoms with van der Waals surface area (Å²) in [7, 11) is -1.55. The highest BCUT2D eigenvalue weighted by molar-refractivity contribution is 6.59. The van der Waals surface area contributed by atoms with Crippen LogP contribution in [0.4, 0.5) is 0 Å². The van der Waals surface area contributed by atoms with Crippen molar-refractivity contribution < 1.29 is 10.0 Å². The zero-order chi connectivity index (χ0) is 23.1. The van der Waals surface area contributed by atoms with Gasteiger partial charge in [0, 0.05) is 21.9 Å². The Morgan fingerprint density at radius 3 is 2.03 bits per heavy atom. The summed E-state index contributed by atoms with van der Waals surface area (Å²) >= 11 is 0. The largest absolute Gasteiger partial charge is 0.488 e. The van der Waals surface area contributed by atoms with Crippen molar-refractivity contribution in [1.82, 2.24) is 14.5 Å². The lowest BCUT2D eigenvalue weighted by atomic mass is 9.80. The van der Waals surface area contributed by atoms with Crippen LogP contribution in [0.15, 0.2) is 109 Å². The van der Waals surface area contributed by atoms with Gasteiger partial charge >= 0.3 is 7.12 Å². The van der Waals surface area contributed by atoms with E-state index in [1.54, 1.807) is 6.07 Å². The summed E-state index contributed by atoms with van der Waals surface area (Å²) < 4.78 is 2.10. The van der Waals surface area contributed by atoms with Gasteiger partial charge in [-0.3, -0.25) is 0 Å². The number of hydrogen-bond acceptors (Lipinski definition) is 4. The van der Waals surface area contributed by atoms with Crippen LogP contribution in [-0.4, -0.2) is 31.7 Å². The third-order valence-corrected chi connectivity index (χ3v) is 6.09. The second-order valence-corrected chi connectivity index (χ2v) is 8.16. The van der Waals surface area contributed by atoms with Crippen LogP contribution in [0.2, 0.25) is 0 Å². The van der Waals surface area contributed by atoms with Crippen molar-refractivity contribution in [1.29, 1.82) is 0 Å². The average Bonchev–Trinajstić information content (AvgIpc) is 3.23. The van der Waals surface area contributed by atoms with E-state index in [1.807, 2.05) is 91.1 Å². The number of hydrogen-bond donors (Lipinski definition) is 2. The Morgan fingerprint density at radius 2 is 1.29 bits per heavy atom. The molecule has 6 rings (SSSR count). The summed E-state index contributed by atoms with van der Waals surface area (Å²) in [5, 5.41) is 21.8. The molecule has 2 heterocycles. The minimum Gasteiger partial charge on any atom is -0.423 e. The Balaban J connectivity index is 1.70. The highest BCUT2D eigenvalue weighted by Crippen LogP contribution is 2.35. The van der Waals surface area contributed by atoms with Crippen molar-refractivity contribution >= 4 is 34.4 Å². The molecule has 0 aliphatic rings. The number of aromatic nitrogens is 3. The molecule has 0 atom stereocenters. The van der Waals surface area contributed by atoms with Gasteiger partial charge in [0.05, 0.1) is 28.6 Å². The first kappa shape index (κ1) is 20.4. The predicted octanol–water partition coefficient (Wildman–Crippen LogP) is 4.59. The second kappa shape index (κ2) is 8.26. The van der Waals surface area contributed by atoms with Crippen LogP contribution in [0.25, 0.3) is 50.1 Å². The van der Waals surface area contributed by atoms with Gasteiger partial charge in [0.2, 0.25) is 0 Å². The zero-order valence-corrected chi connectivity index (χ0v) is 18.2. The number of nitrogens with zero attached hydrogens (tertiary/aromatic N) is 3. The number of rotatable bonds is 4. The molecule has 0 bridgehead atoms. The van der Waals surface area contributed by atoms with Crippen LogP contribution >= 0.6 is 0 Å². The van der Waals surface area contributed by atoms with Crippen molar-refractivity contribution in [2.24, 2.45) is 0 Å². The summed E-state index contributed by atoms with van der Waals surface area (Å²) in [5.74, 6) is 0.649. The lowest BCUT2D eigenvalue weighted by molar-refractivity contribution is 0.426. The quantitative estimate of drug-likeness (QED) is 0.393. The maximum absolute atomic E-state index is 9.84. The smallest absolute Gasteiger partial charge is 0.423 e. The van der Waals surface area contributed by atoms with Crippen LogP contribution in [-0.2, 0) is 0 Å². The highest BCUT2D eigenvalue weighted by atomic mass is 16.4. The van der Waals surface area contributed by atoms with Gasteiger partial charge in [-0.05, 0) is 17.6 Å². The van der Waals surface area contributed by atoms with E-state index < -0.39 is 7.12 Å². The molecule has 0 aliphatic heterocycles. The van der Waals surface area contributed by atoms with E-state index >= 15 is 0 Å². The lowest BCUT2D eigenvalue weighted by Gasteiger charge is -2.14. The maximum atomic E-state index is 9.84. The van der Waals surface area contributed by atoms with Gasteiger partial charge < -0.3 is 14.6 Å². The Kier molecular flexibility index (Phi) is 4.95. The molecule has 6 aromatic rings. The van der Waals surface area contributed by atoms with Crippen LogP contribution in [0.1, 0.15) is 0 Å². The van der Waals surface area contributed by atoms with E-state index in [-0.39, 0.29) is 0 Å². The molecular weight excluding hydrogens is 421 g/mol. The molecule has 0 radical (unpaired) electrons. The predicted molar refractivity (Wildman–Crippen MR) is 137 cm³/mol. The number of para-hydroxylation sites is 1. The molecule has 2 aromatic heterocycles. The van der Waals surface area contributed by atoms with Gasteiger partial charge in [-0.25, -0.2) is 9.97 Å². The third kappa shape index (κ3) is 3.37. The van der Waals surface area contributed by atoms with Crippen molar-refractivity contribution in [3.8, 4) is 28.3 Å². The van der Waals surface area contributed by atoms with Crippen LogP contribution < -0.4 is 5.46 Å². The second-order valence-electron chi connectivity index (χ2n) is 8.16. The van der Waals surface area contributed by atoms with Crippen LogP contribution in [0.3, 0.4) is 0 Å². The Bertz CT molecular complexity index is 1630. The lowest BCUT2D eigenvalue weighted by Crippen LogP contribution is -2.29. The van der Waals surface area contributed by atoms with Gasteiger partial charge in [-0.1, -0.05) is 91.0 Å². The third-order valence-electron chi connectivity index (χ3n) is 6.09. The SMILES string of the molecule is OB(O)c1ccc2c3ccccc3n(-c3cnc(-c4ccccc4)nc3-c3ccccc3)c2c1. The molecule has 6 heteroatoms. The van der Waals surface area contributed by atoms with E-state index in [1.165, 1.54) is 0 Å². The summed E-state index contributed by atoms with van der Waals surface area (Å²) in [5.41, 5.74) is 5.82. The van der Waals surface area contributed by atoms with E-state index in [0.717, 1.165) is 44.3 Å².